The van der Waals surface area contributed by atoms with Crippen LogP contribution in [0.1, 0.15) is 5.56 Å². The molecule has 0 saturated heterocycles. The van der Waals surface area contributed by atoms with Crippen molar-refractivity contribution in [3.8, 4) is 0 Å². The van der Waals surface area contributed by atoms with Gasteiger partial charge in [-0.1, -0.05) is 17.7 Å². The molecule has 18 heavy (non-hydrogen) atoms. The van der Waals surface area contributed by atoms with E-state index in [1.807, 2.05) is 0 Å². The van der Waals surface area contributed by atoms with Gasteiger partial charge in [0.2, 0.25) is 0 Å². The van der Waals surface area contributed by atoms with Crippen molar-refractivity contribution in [3.05, 3.63) is 58.6 Å². The highest BCUT2D eigenvalue weighted by Gasteiger charge is 2.12. The Kier molecular flexibility index (Phi) is 3.72. The molecular weight excluding hydrogens is 265 g/mol. The lowest BCUT2D eigenvalue weighted by Gasteiger charge is -2.08. The lowest BCUT2D eigenvalue weighted by molar-refractivity contribution is 0.449. The Morgan fingerprint density at radius 1 is 1.06 bits per heavy atom. The Bertz CT molecular complexity index is 558. The van der Waals surface area contributed by atoms with Gasteiger partial charge in [0.15, 0.2) is 17.5 Å². The third-order valence-electron chi connectivity index (χ3n) is 2.31. The average molecular weight is 273 g/mol. The largest absolute Gasteiger partial charge is 0.378 e. The first-order chi connectivity index (χ1) is 8.58. The number of rotatable bonds is 3. The van der Waals surface area contributed by atoms with E-state index in [1.165, 1.54) is 6.20 Å². The van der Waals surface area contributed by atoms with E-state index in [0.29, 0.717) is 5.15 Å². The van der Waals surface area contributed by atoms with Crippen molar-refractivity contribution >= 4 is 17.3 Å². The SMILES string of the molecule is Fc1ccc(NCc2ccc(Cl)nc2)c(F)c1F. The molecule has 1 heterocycles. The molecule has 1 N–H and O–H groups in total. The Hall–Kier alpha value is -1.75. The minimum Gasteiger partial charge on any atom is -0.378 e. The van der Waals surface area contributed by atoms with Crippen molar-refractivity contribution in [1.29, 1.82) is 0 Å². The molecule has 2 rings (SSSR count). The van der Waals surface area contributed by atoms with Gasteiger partial charge in [-0.05, 0) is 23.8 Å². The molecule has 0 radical (unpaired) electrons. The van der Waals surface area contributed by atoms with Crippen LogP contribution in [0.4, 0.5) is 18.9 Å². The second kappa shape index (κ2) is 5.27. The van der Waals surface area contributed by atoms with Crippen molar-refractivity contribution in [2.24, 2.45) is 0 Å². The predicted octanol–water partition coefficient (Wildman–Crippen LogP) is 3.76. The van der Waals surface area contributed by atoms with E-state index in [0.717, 1.165) is 17.7 Å². The number of benzene rings is 1. The van der Waals surface area contributed by atoms with Gasteiger partial charge in [-0.25, -0.2) is 18.2 Å². The molecule has 1 aromatic carbocycles. The topological polar surface area (TPSA) is 24.9 Å². The molecule has 0 amide bonds. The molecule has 0 fully saturated rings. The van der Waals surface area contributed by atoms with Gasteiger partial charge in [0.05, 0.1) is 5.69 Å². The highest BCUT2D eigenvalue weighted by atomic mass is 35.5. The number of halogens is 4. The van der Waals surface area contributed by atoms with Crippen molar-refractivity contribution < 1.29 is 13.2 Å². The molecule has 0 aliphatic carbocycles. The molecule has 0 aliphatic rings. The number of nitrogens with zero attached hydrogens (tertiary/aromatic N) is 1. The summed E-state index contributed by atoms with van der Waals surface area (Å²) in [5, 5.41) is 3.00. The molecular formula is C12H8ClF3N2. The Morgan fingerprint density at radius 2 is 1.83 bits per heavy atom. The van der Waals surface area contributed by atoms with Gasteiger partial charge < -0.3 is 5.32 Å². The van der Waals surface area contributed by atoms with Gasteiger partial charge in [-0.3, -0.25) is 0 Å². The molecule has 1 aromatic heterocycles. The molecule has 0 saturated carbocycles. The van der Waals surface area contributed by atoms with Gasteiger partial charge in [0.1, 0.15) is 5.15 Å². The number of hydrogen-bond donors (Lipinski definition) is 1. The maximum atomic E-state index is 13.3. The van der Waals surface area contributed by atoms with E-state index in [2.05, 4.69) is 10.3 Å². The zero-order valence-corrected chi connectivity index (χ0v) is 9.81. The minimum atomic E-state index is -1.49. The summed E-state index contributed by atoms with van der Waals surface area (Å²) in [6, 6.07) is 5.28. The Balaban J connectivity index is 2.11. The van der Waals surface area contributed by atoms with Crippen LogP contribution in [0.25, 0.3) is 0 Å². The molecule has 0 bridgehead atoms. The summed E-state index contributed by atoms with van der Waals surface area (Å²) in [7, 11) is 0. The first kappa shape index (κ1) is 12.7. The maximum absolute atomic E-state index is 13.3. The van der Waals surface area contributed by atoms with E-state index in [4.69, 9.17) is 11.6 Å². The quantitative estimate of drug-likeness (QED) is 0.680. The Morgan fingerprint density at radius 3 is 2.50 bits per heavy atom. The zero-order chi connectivity index (χ0) is 13.1. The van der Waals surface area contributed by atoms with E-state index in [-0.39, 0.29) is 12.2 Å². The van der Waals surface area contributed by atoms with Crippen LogP contribution in [0.3, 0.4) is 0 Å². The highest BCUT2D eigenvalue weighted by Crippen LogP contribution is 2.20. The van der Waals surface area contributed by atoms with E-state index < -0.39 is 17.5 Å². The second-order valence-corrected chi connectivity index (χ2v) is 3.95. The number of hydrogen-bond acceptors (Lipinski definition) is 2. The molecule has 0 aliphatic heterocycles. The fourth-order valence-corrected chi connectivity index (χ4v) is 1.48. The monoisotopic (exact) mass is 272 g/mol. The summed E-state index contributed by atoms with van der Waals surface area (Å²) in [5.74, 6) is -3.95. The standard InChI is InChI=1S/C12H8ClF3N2/c13-10-4-1-7(6-18-10)5-17-9-3-2-8(14)11(15)12(9)16/h1-4,6,17H,5H2. The third kappa shape index (κ3) is 2.73. The number of aromatic nitrogens is 1. The van der Waals surface area contributed by atoms with Gasteiger partial charge in [0, 0.05) is 12.7 Å². The van der Waals surface area contributed by atoms with E-state index in [1.54, 1.807) is 12.1 Å². The minimum absolute atomic E-state index is 0.108. The number of anilines is 1. The van der Waals surface area contributed by atoms with Crippen LogP contribution in [0.15, 0.2) is 30.5 Å². The Labute approximate surface area is 106 Å². The summed E-state index contributed by atoms with van der Waals surface area (Å²) in [6.07, 6.45) is 1.51. The number of pyridine rings is 1. The molecule has 0 spiro atoms. The van der Waals surface area contributed by atoms with Crippen LogP contribution in [0.2, 0.25) is 5.15 Å². The summed E-state index contributed by atoms with van der Waals surface area (Å²) in [4.78, 5) is 3.84. The molecule has 2 nitrogen and oxygen atoms in total. The zero-order valence-electron chi connectivity index (χ0n) is 9.05. The smallest absolute Gasteiger partial charge is 0.196 e. The average Bonchev–Trinajstić information content (AvgIpc) is 2.37. The van der Waals surface area contributed by atoms with E-state index >= 15 is 0 Å². The van der Waals surface area contributed by atoms with Crippen LogP contribution in [0, 0.1) is 17.5 Å². The molecule has 2 aromatic rings. The van der Waals surface area contributed by atoms with Gasteiger partial charge >= 0.3 is 0 Å². The van der Waals surface area contributed by atoms with Crippen molar-refractivity contribution in [2.75, 3.05) is 5.32 Å². The molecule has 6 heteroatoms. The van der Waals surface area contributed by atoms with E-state index in [9.17, 15) is 13.2 Å². The summed E-state index contributed by atoms with van der Waals surface area (Å²) in [5.41, 5.74) is 0.632. The second-order valence-electron chi connectivity index (χ2n) is 3.57. The molecule has 94 valence electrons. The van der Waals surface area contributed by atoms with Crippen LogP contribution >= 0.6 is 11.6 Å². The normalized spacial score (nSPS) is 10.4. The summed E-state index contributed by atoms with van der Waals surface area (Å²) >= 11 is 5.61. The van der Waals surface area contributed by atoms with Crippen LogP contribution in [0.5, 0.6) is 0 Å². The molecule has 0 unspecified atom stereocenters. The predicted molar refractivity (Wildman–Crippen MR) is 62.9 cm³/mol. The van der Waals surface area contributed by atoms with Gasteiger partial charge in [-0.2, -0.15) is 0 Å². The van der Waals surface area contributed by atoms with Crippen LogP contribution in [-0.2, 0) is 6.54 Å². The first-order valence-corrected chi connectivity index (χ1v) is 5.43. The summed E-state index contributed by atoms with van der Waals surface area (Å²) < 4.78 is 39.0. The van der Waals surface area contributed by atoms with Gasteiger partial charge in [0.25, 0.3) is 0 Å². The summed E-state index contributed by atoms with van der Waals surface area (Å²) in [6.45, 7) is 0.228. The third-order valence-corrected chi connectivity index (χ3v) is 2.53. The van der Waals surface area contributed by atoms with Crippen molar-refractivity contribution in [2.45, 2.75) is 6.54 Å². The van der Waals surface area contributed by atoms with Crippen molar-refractivity contribution in [3.63, 3.8) is 0 Å². The van der Waals surface area contributed by atoms with Crippen LogP contribution in [-0.4, -0.2) is 4.98 Å². The van der Waals surface area contributed by atoms with Gasteiger partial charge in [-0.15, -0.1) is 0 Å². The maximum Gasteiger partial charge on any atom is 0.196 e. The lowest BCUT2D eigenvalue weighted by Crippen LogP contribution is -2.04. The first-order valence-electron chi connectivity index (χ1n) is 5.05. The van der Waals surface area contributed by atoms with Crippen molar-refractivity contribution in [1.82, 2.24) is 4.98 Å². The molecule has 0 atom stereocenters. The van der Waals surface area contributed by atoms with Crippen LogP contribution < -0.4 is 5.32 Å². The fourth-order valence-electron chi connectivity index (χ4n) is 1.37. The highest BCUT2D eigenvalue weighted by molar-refractivity contribution is 6.29. The number of nitrogens with one attached hydrogen (secondary N) is 1. The lowest BCUT2D eigenvalue weighted by atomic mass is 10.2. The fraction of sp³-hybridized carbons (Fsp3) is 0.0833.